The lowest BCUT2D eigenvalue weighted by Gasteiger charge is -2.32. The van der Waals surface area contributed by atoms with Gasteiger partial charge in [0.05, 0.1) is 6.10 Å². The van der Waals surface area contributed by atoms with Crippen LogP contribution in [0.3, 0.4) is 0 Å². The molecule has 0 spiro atoms. The van der Waals surface area contributed by atoms with Gasteiger partial charge in [-0.15, -0.1) is 0 Å². The molecule has 0 saturated heterocycles. The van der Waals surface area contributed by atoms with Gasteiger partial charge in [0.15, 0.2) is 0 Å². The molecule has 16 heavy (non-hydrogen) atoms. The Bertz CT molecular complexity index is 184. The SMILES string of the molecule is CCC1CCC(C(O)CCC(C)(C)C)CC1. The van der Waals surface area contributed by atoms with Gasteiger partial charge in [-0.2, -0.15) is 0 Å². The Labute approximate surface area is 102 Å². The van der Waals surface area contributed by atoms with E-state index in [1.54, 1.807) is 0 Å². The Morgan fingerprint density at radius 1 is 1.12 bits per heavy atom. The van der Waals surface area contributed by atoms with E-state index in [0.29, 0.717) is 11.3 Å². The van der Waals surface area contributed by atoms with Crippen molar-refractivity contribution in [1.29, 1.82) is 0 Å². The first-order chi connectivity index (χ1) is 7.42. The Balaban J connectivity index is 2.25. The zero-order valence-corrected chi connectivity index (χ0v) is 11.6. The third kappa shape index (κ3) is 4.86. The summed E-state index contributed by atoms with van der Waals surface area (Å²) in [7, 11) is 0. The average Bonchev–Trinajstić information content (AvgIpc) is 2.25. The maximum absolute atomic E-state index is 10.2. The summed E-state index contributed by atoms with van der Waals surface area (Å²) in [5, 5.41) is 10.2. The fourth-order valence-electron chi connectivity index (χ4n) is 2.80. The van der Waals surface area contributed by atoms with Gasteiger partial charge in [0.25, 0.3) is 0 Å². The molecule has 0 aliphatic heterocycles. The van der Waals surface area contributed by atoms with E-state index in [-0.39, 0.29) is 6.10 Å². The molecular weight excluding hydrogens is 196 g/mol. The Hall–Kier alpha value is -0.0400. The van der Waals surface area contributed by atoms with E-state index in [1.807, 2.05) is 0 Å². The van der Waals surface area contributed by atoms with Crippen LogP contribution in [0.15, 0.2) is 0 Å². The molecule has 0 amide bonds. The quantitative estimate of drug-likeness (QED) is 0.753. The van der Waals surface area contributed by atoms with Crippen LogP contribution in [0.1, 0.15) is 72.6 Å². The number of hydrogen-bond donors (Lipinski definition) is 1. The van der Waals surface area contributed by atoms with Crippen LogP contribution >= 0.6 is 0 Å². The van der Waals surface area contributed by atoms with Crippen LogP contribution in [0, 0.1) is 17.3 Å². The monoisotopic (exact) mass is 226 g/mol. The van der Waals surface area contributed by atoms with Gasteiger partial charge < -0.3 is 5.11 Å². The molecule has 1 unspecified atom stereocenters. The molecule has 1 nitrogen and oxygen atoms in total. The fraction of sp³-hybridized carbons (Fsp3) is 1.00. The topological polar surface area (TPSA) is 20.2 Å². The van der Waals surface area contributed by atoms with Crippen molar-refractivity contribution in [1.82, 2.24) is 0 Å². The first-order valence-electron chi connectivity index (χ1n) is 7.10. The lowest BCUT2D eigenvalue weighted by atomic mass is 9.76. The minimum Gasteiger partial charge on any atom is -0.393 e. The maximum Gasteiger partial charge on any atom is 0.0568 e. The molecule has 1 heteroatoms. The highest BCUT2D eigenvalue weighted by molar-refractivity contribution is 4.78. The summed E-state index contributed by atoms with van der Waals surface area (Å²) in [4.78, 5) is 0. The second kappa shape index (κ2) is 6.05. The lowest BCUT2D eigenvalue weighted by Crippen LogP contribution is -2.26. The molecule has 1 rings (SSSR count). The summed E-state index contributed by atoms with van der Waals surface area (Å²) in [5.41, 5.74) is 0.363. The summed E-state index contributed by atoms with van der Waals surface area (Å²) in [6.45, 7) is 9.07. The number of aliphatic hydroxyl groups excluding tert-OH is 1. The van der Waals surface area contributed by atoms with E-state index in [1.165, 1.54) is 32.1 Å². The predicted octanol–water partition coefficient (Wildman–Crippen LogP) is 4.39. The molecule has 0 aromatic carbocycles. The van der Waals surface area contributed by atoms with Crippen molar-refractivity contribution in [3.8, 4) is 0 Å². The molecule has 1 fully saturated rings. The summed E-state index contributed by atoms with van der Waals surface area (Å²) in [5.74, 6) is 1.52. The van der Waals surface area contributed by atoms with Gasteiger partial charge in [-0.3, -0.25) is 0 Å². The molecule has 0 radical (unpaired) electrons. The van der Waals surface area contributed by atoms with Gasteiger partial charge in [0.1, 0.15) is 0 Å². The van der Waals surface area contributed by atoms with Crippen molar-refractivity contribution in [3.63, 3.8) is 0 Å². The average molecular weight is 226 g/mol. The molecule has 96 valence electrons. The van der Waals surface area contributed by atoms with Crippen LogP contribution in [0.2, 0.25) is 0 Å². The van der Waals surface area contributed by atoms with Gasteiger partial charge >= 0.3 is 0 Å². The molecular formula is C15H30O. The van der Waals surface area contributed by atoms with Crippen molar-refractivity contribution in [2.45, 2.75) is 78.7 Å². The van der Waals surface area contributed by atoms with Crippen molar-refractivity contribution in [3.05, 3.63) is 0 Å². The van der Waals surface area contributed by atoms with Crippen LogP contribution in [0.4, 0.5) is 0 Å². The molecule has 1 aliphatic carbocycles. The highest BCUT2D eigenvalue weighted by atomic mass is 16.3. The highest BCUT2D eigenvalue weighted by Crippen LogP contribution is 2.34. The molecule has 0 bridgehead atoms. The zero-order chi connectivity index (χ0) is 12.2. The number of rotatable bonds is 4. The highest BCUT2D eigenvalue weighted by Gasteiger charge is 2.26. The van der Waals surface area contributed by atoms with Crippen LogP contribution in [-0.4, -0.2) is 11.2 Å². The minimum atomic E-state index is -0.0444. The van der Waals surface area contributed by atoms with Crippen LogP contribution in [-0.2, 0) is 0 Å². The second-order valence-corrected chi connectivity index (χ2v) is 6.86. The molecule has 1 atom stereocenters. The summed E-state index contributed by atoms with van der Waals surface area (Å²) < 4.78 is 0. The maximum atomic E-state index is 10.2. The van der Waals surface area contributed by atoms with Gasteiger partial charge in [0.2, 0.25) is 0 Å². The first-order valence-corrected chi connectivity index (χ1v) is 7.10. The van der Waals surface area contributed by atoms with E-state index in [2.05, 4.69) is 27.7 Å². The van der Waals surface area contributed by atoms with Crippen LogP contribution in [0.25, 0.3) is 0 Å². The van der Waals surface area contributed by atoms with E-state index in [0.717, 1.165) is 18.8 Å². The van der Waals surface area contributed by atoms with E-state index in [4.69, 9.17) is 0 Å². The Kier molecular flexibility index (Phi) is 5.30. The molecule has 0 aromatic rings. The number of aliphatic hydroxyl groups is 1. The molecule has 0 heterocycles. The Morgan fingerprint density at radius 2 is 1.69 bits per heavy atom. The lowest BCUT2D eigenvalue weighted by molar-refractivity contribution is 0.0570. The van der Waals surface area contributed by atoms with Gasteiger partial charge in [0, 0.05) is 0 Å². The molecule has 1 aliphatic rings. The smallest absolute Gasteiger partial charge is 0.0568 e. The fourth-order valence-corrected chi connectivity index (χ4v) is 2.80. The molecule has 1 saturated carbocycles. The van der Waals surface area contributed by atoms with Crippen molar-refractivity contribution in [2.24, 2.45) is 17.3 Å². The third-order valence-corrected chi connectivity index (χ3v) is 4.20. The second-order valence-electron chi connectivity index (χ2n) is 6.86. The number of hydrogen-bond acceptors (Lipinski definition) is 1. The van der Waals surface area contributed by atoms with E-state index >= 15 is 0 Å². The summed E-state index contributed by atoms with van der Waals surface area (Å²) in [6, 6.07) is 0. The van der Waals surface area contributed by atoms with Gasteiger partial charge in [-0.05, 0) is 42.9 Å². The van der Waals surface area contributed by atoms with Crippen LogP contribution < -0.4 is 0 Å². The van der Waals surface area contributed by atoms with Crippen molar-refractivity contribution >= 4 is 0 Å². The Morgan fingerprint density at radius 3 is 2.12 bits per heavy atom. The van der Waals surface area contributed by atoms with E-state index < -0.39 is 0 Å². The van der Waals surface area contributed by atoms with Gasteiger partial charge in [-0.1, -0.05) is 47.0 Å². The standard InChI is InChI=1S/C15H30O/c1-5-12-6-8-13(9-7-12)14(16)10-11-15(2,3)4/h12-14,16H,5-11H2,1-4H3. The minimum absolute atomic E-state index is 0.0444. The first kappa shape index (κ1) is 14.0. The normalized spacial score (nSPS) is 29.1. The summed E-state index contributed by atoms with van der Waals surface area (Å²) in [6.07, 6.45) is 8.60. The zero-order valence-electron chi connectivity index (χ0n) is 11.6. The van der Waals surface area contributed by atoms with Crippen molar-refractivity contribution < 1.29 is 5.11 Å². The largest absolute Gasteiger partial charge is 0.393 e. The molecule has 0 aromatic heterocycles. The van der Waals surface area contributed by atoms with Crippen molar-refractivity contribution in [2.75, 3.05) is 0 Å². The summed E-state index contributed by atoms with van der Waals surface area (Å²) >= 11 is 0. The van der Waals surface area contributed by atoms with Crippen LogP contribution in [0.5, 0.6) is 0 Å². The molecule has 1 N–H and O–H groups in total. The third-order valence-electron chi connectivity index (χ3n) is 4.20. The van der Waals surface area contributed by atoms with Gasteiger partial charge in [-0.25, -0.2) is 0 Å². The predicted molar refractivity (Wildman–Crippen MR) is 70.4 cm³/mol. The van der Waals surface area contributed by atoms with E-state index in [9.17, 15) is 5.11 Å².